The first-order valence-corrected chi connectivity index (χ1v) is 4.22. The van der Waals surface area contributed by atoms with Crippen LogP contribution in [0.5, 0.6) is 0 Å². The second kappa shape index (κ2) is 3.87. The molecule has 6 nitrogen and oxygen atoms in total. The molecule has 2 aromatic rings. The van der Waals surface area contributed by atoms with Crippen LogP contribution < -0.4 is 0 Å². The van der Waals surface area contributed by atoms with Crippen molar-refractivity contribution in [2.75, 3.05) is 7.11 Å². The van der Waals surface area contributed by atoms with Crippen LogP contribution in [-0.2, 0) is 4.74 Å². The Balaban J connectivity index is 2.32. The number of aromatic nitrogens is 4. The van der Waals surface area contributed by atoms with E-state index in [-0.39, 0.29) is 5.82 Å². The first kappa shape index (κ1) is 9.32. The standard InChI is InChI=1S/C9H8N4O2/c1-15-9(14)8-11-6-13(12-8)7-4-2-3-5-10-7/h2-6H,1H3. The molecule has 2 heterocycles. The molecule has 0 aliphatic rings. The summed E-state index contributed by atoms with van der Waals surface area (Å²) in [6.07, 6.45) is 3.05. The van der Waals surface area contributed by atoms with E-state index in [1.54, 1.807) is 18.3 Å². The lowest BCUT2D eigenvalue weighted by Gasteiger charge is -1.96. The third kappa shape index (κ3) is 1.83. The molecule has 2 aromatic heterocycles. The summed E-state index contributed by atoms with van der Waals surface area (Å²) in [4.78, 5) is 18.9. The highest BCUT2D eigenvalue weighted by molar-refractivity contribution is 5.84. The number of carbonyl (C=O) groups excluding carboxylic acids is 1. The predicted octanol–water partition coefficient (Wildman–Crippen LogP) is 0.449. The fourth-order valence-electron chi connectivity index (χ4n) is 1.05. The van der Waals surface area contributed by atoms with Gasteiger partial charge in [-0.3, -0.25) is 0 Å². The summed E-state index contributed by atoms with van der Waals surface area (Å²) in [6, 6.07) is 5.37. The smallest absolute Gasteiger partial charge is 0.377 e. The van der Waals surface area contributed by atoms with Crippen LogP contribution in [-0.4, -0.2) is 32.8 Å². The Morgan fingerprint density at radius 1 is 1.40 bits per heavy atom. The Bertz CT molecular complexity index is 466. The lowest BCUT2D eigenvalue weighted by Crippen LogP contribution is -2.05. The van der Waals surface area contributed by atoms with Gasteiger partial charge in [0.15, 0.2) is 5.82 Å². The molecule has 2 rings (SSSR count). The van der Waals surface area contributed by atoms with Gasteiger partial charge in [0.1, 0.15) is 6.33 Å². The zero-order chi connectivity index (χ0) is 10.7. The topological polar surface area (TPSA) is 69.9 Å². The second-order valence-electron chi connectivity index (χ2n) is 2.69. The monoisotopic (exact) mass is 204 g/mol. The maximum Gasteiger partial charge on any atom is 0.377 e. The molecular weight excluding hydrogens is 196 g/mol. The minimum Gasteiger partial charge on any atom is -0.463 e. The predicted molar refractivity (Wildman–Crippen MR) is 50.5 cm³/mol. The molecule has 0 aliphatic carbocycles. The van der Waals surface area contributed by atoms with Gasteiger partial charge >= 0.3 is 5.97 Å². The largest absolute Gasteiger partial charge is 0.463 e. The van der Waals surface area contributed by atoms with Crippen LogP contribution in [0, 0.1) is 0 Å². The SMILES string of the molecule is COC(=O)c1ncn(-c2ccccn2)n1. The average molecular weight is 204 g/mol. The summed E-state index contributed by atoms with van der Waals surface area (Å²) in [5.41, 5.74) is 0. The highest BCUT2D eigenvalue weighted by atomic mass is 16.5. The minimum absolute atomic E-state index is 0.0168. The average Bonchev–Trinajstić information content (AvgIpc) is 2.78. The van der Waals surface area contributed by atoms with Gasteiger partial charge in [-0.15, -0.1) is 5.10 Å². The van der Waals surface area contributed by atoms with Crippen molar-refractivity contribution >= 4 is 5.97 Å². The fraction of sp³-hybridized carbons (Fsp3) is 0.111. The molecule has 0 bridgehead atoms. The number of methoxy groups -OCH3 is 1. The molecule has 15 heavy (non-hydrogen) atoms. The highest BCUT2D eigenvalue weighted by Crippen LogP contribution is 2.01. The summed E-state index contributed by atoms with van der Waals surface area (Å²) < 4.78 is 5.90. The molecule has 0 atom stereocenters. The van der Waals surface area contributed by atoms with Gasteiger partial charge < -0.3 is 4.74 Å². The Kier molecular flexibility index (Phi) is 2.40. The number of pyridine rings is 1. The molecule has 0 saturated carbocycles. The Morgan fingerprint density at radius 2 is 2.27 bits per heavy atom. The van der Waals surface area contributed by atoms with Crippen molar-refractivity contribution in [1.29, 1.82) is 0 Å². The van der Waals surface area contributed by atoms with Crippen molar-refractivity contribution < 1.29 is 9.53 Å². The summed E-state index contributed by atoms with van der Waals surface area (Å²) in [5, 5.41) is 3.92. The normalized spacial score (nSPS) is 9.93. The molecule has 0 saturated heterocycles. The molecule has 0 N–H and O–H groups in total. The third-order valence-corrected chi connectivity index (χ3v) is 1.74. The number of esters is 1. The van der Waals surface area contributed by atoms with Gasteiger partial charge in [-0.1, -0.05) is 6.07 Å². The van der Waals surface area contributed by atoms with E-state index in [0.29, 0.717) is 5.82 Å². The summed E-state index contributed by atoms with van der Waals surface area (Å²) in [5.74, 6) is 0.0491. The van der Waals surface area contributed by atoms with Crippen LogP contribution in [0.25, 0.3) is 5.82 Å². The van der Waals surface area contributed by atoms with Crippen LogP contribution in [0.15, 0.2) is 30.7 Å². The molecule has 0 aliphatic heterocycles. The lowest BCUT2D eigenvalue weighted by atomic mass is 10.5. The van der Waals surface area contributed by atoms with Crippen LogP contribution in [0.1, 0.15) is 10.6 Å². The summed E-state index contributed by atoms with van der Waals surface area (Å²) >= 11 is 0. The quantitative estimate of drug-likeness (QED) is 0.664. The van der Waals surface area contributed by atoms with E-state index in [9.17, 15) is 4.79 Å². The molecule has 0 spiro atoms. The van der Waals surface area contributed by atoms with Gasteiger partial charge in [0.05, 0.1) is 7.11 Å². The van der Waals surface area contributed by atoms with Gasteiger partial charge in [-0.2, -0.15) is 0 Å². The van der Waals surface area contributed by atoms with E-state index >= 15 is 0 Å². The van der Waals surface area contributed by atoms with E-state index in [1.807, 2.05) is 6.07 Å². The van der Waals surface area contributed by atoms with E-state index in [2.05, 4.69) is 19.8 Å². The van der Waals surface area contributed by atoms with Crippen molar-refractivity contribution in [3.63, 3.8) is 0 Å². The van der Waals surface area contributed by atoms with E-state index in [0.717, 1.165) is 0 Å². The molecule has 0 aromatic carbocycles. The number of rotatable bonds is 2. The van der Waals surface area contributed by atoms with Crippen LogP contribution in [0.2, 0.25) is 0 Å². The zero-order valence-electron chi connectivity index (χ0n) is 7.99. The van der Waals surface area contributed by atoms with Crippen molar-refractivity contribution in [2.24, 2.45) is 0 Å². The van der Waals surface area contributed by atoms with E-state index in [4.69, 9.17) is 0 Å². The molecule has 0 amide bonds. The third-order valence-electron chi connectivity index (χ3n) is 1.74. The number of hydrogen-bond acceptors (Lipinski definition) is 5. The van der Waals surface area contributed by atoms with Gasteiger partial charge in [-0.25, -0.2) is 19.4 Å². The van der Waals surface area contributed by atoms with Crippen molar-refractivity contribution in [3.8, 4) is 5.82 Å². The van der Waals surface area contributed by atoms with Crippen LogP contribution in [0.4, 0.5) is 0 Å². The number of carbonyl (C=O) groups is 1. The molecule has 0 radical (unpaired) electrons. The van der Waals surface area contributed by atoms with Gasteiger partial charge in [0, 0.05) is 6.20 Å². The molecule has 0 unspecified atom stereocenters. The maximum absolute atomic E-state index is 11.1. The van der Waals surface area contributed by atoms with Gasteiger partial charge in [-0.05, 0) is 12.1 Å². The van der Waals surface area contributed by atoms with Crippen LogP contribution >= 0.6 is 0 Å². The molecule has 76 valence electrons. The van der Waals surface area contributed by atoms with Gasteiger partial charge in [0.25, 0.3) is 5.82 Å². The van der Waals surface area contributed by atoms with Gasteiger partial charge in [0.2, 0.25) is 0 Å². The molecule has 0 fully saturated rings. The number of hydrogen-bond donors (Lipinski definition) is 0. The number of nitrogens with zero attached hydrogens (tertiary/aromatic N) is 4. The Hall–Kier alpha value is -2.24. The van der Waals surface area contributed by atoms with Crippen molar-refractivity contribution in [3.05, 3.63) is 36.5 Å². The first-order chi connectivity index (χ1) is 7.31. The van der Waals surface area contributed by atoms with Crippen molar-refractivity contribution in [1.82, 2.24) is 19.7 Å². The Morgan fingerprint density at radius 3 is 2.93 bits per heavy atom. The molecule has 6 heteroatoms. The lowest BCUT2D eigenvalue weighted by molar-refractivity contribution is 0.0587. The van der Waals surface area contributed by atoms with Crippen molar-refractivity contribution in [2.45, 2.75) is 0 Å². The van der Waals surface area contributed by atoms with E-state index < -0.39 is 5.97 Å². The number of ether oxygens (including phenoxy) is 1. The summed E-state index contributed by atoms with van der Waals surface area (Å²) in [7, 11) is 1.28. The van der Waals surface area contributed by atoms with Crippen LogP contribution in [0.3, 0.4) is 0 Å². The summed E-state index contributed by atoms with van der Waals surface area (Å²) in [6.45, 7) is 0. The maximum atomic E-state index is 11.1. The van der Waals surface area contributed by atoms with E-state index in [1.165, 1.54) is 18.1 Å². The first-order valence-electron chi connectivity index (χ1n) is 4.22. The minimum atomic E-state index is -0.565. The highest BCUT2D eigenvalue weighted by Gasteiger charge is 2.11. The Labute approximate surface area is 85.5 Å². The second-order valence-corrected chi connectivity index (χ2v) is 2.69. The zero-order valence-corrected chi connectivity index (χ0v) is 7.99. The molecular formula is C9H8N4O2. The fourth-order valence-corrected chi connectivity index (χ4v) is 1.05.